The standard InChI is InChI=1S/C25H23BrN2O5S/c1-5-33-24(30)21-14(2)27-25-28(22(21)17-8-6-7-9-19(17)32-4)23(29)20(34-25)13-15-12-16(26)10-11-18(15)31-3/h6-13,22H,5H2,1-4H3/b20-13+/t22-/m1/s1. The summed E-state index contributed by atoms with van der Waals surface area (Å²) in [7, 11) is 3.14. The van der Waals surface area contributed by atoms with E-state index < -0.39 is 12.0 Å². The second-order valence-electron chi connectivity index (χ2n) is 7.43. The van der Waals surface area contributed by atoms with Crippen molar-refractivity contribution in [3.8, 4) is 11.5 Å². The van der Waals surface area contributed by atoms with E-state index in [1.807, 2.05) is 36.4 Å². The van der Waals surface area contributed by atoms with Gasteiger partial charge in [-0.2, -0.15) is 0 Å². The van der Waals surface area contributed by atoms with Crippen LogP contribution >= 0.6 is 27.3 Å². The molecule has 0 radical (unpaired) electrons. The van der Waals surface area contributed by atoms with Gasteiger partial charge in [0, 0.05) is 15.6 Å². The lowest BCUT2D eigenvalue weighted by atomic mass is 9.95. The largest absolute Gasteiger partial charge is 0.496 e. The molecule has 0 aliphatic carbocycles. The van der Waals surface area contributed by atoms with E-state index >= 15 is 0 Å². The Kier molecular flexibility index (Phi) is 7.04. The van der Waals surface area contributed by atoms with Gasteiger partial charge in [0.05, 0.1) is 36.6 Å². The van der Waals surface area contributed by atoms with Crippen molar-refractivity contribution < 1.29 is 19.0 Å². The van der Waals surface area contributed by atoms with Crippen LogP contribution in [0.1, 0.15) is 31.0 Å². The zero-order valence-corrected chi connectivity index (χ0v) is 21.5. The van der Waals surface area contributed by atoms with Crippen molar-refractivity contribution in [3.63, 3.8) is 0 Å². The van der Waals surface area contributed by atoms with E-state index in [0.29, 0.717) is 37.7 Å². The van der Waals surface area contributed by atoms with Crippen molar-refractivity contribution >= 4 is 39.3 Å². The van der Waals surface area contributed by atoms with Crippen LogP contribution in [0.15, 0.2) is 68.0 Å². The van der Waals surface area contributed by atoms with Crippen LogP contribution in [0.3, 0.4) is 0 Å². The van der Waals surface area contributed by atoms with Crippen molar-refractivity contribution in [1.82, 2.24) is 4.57 Å². The van der Waals surface area contributed by atoms with E-state index in [9.17, 15) is 9.59 Å². The first kappa shape index (κ1) is 24.0. The highest BCUT2D eigenvalue weighted by atomic mass is 79.9. The van der Waals surface area contributed by atoms with Crippen molar-refractivity contribution in [2.24, 2.45) is 4.99 Å². The Labute approximate surface area is 208 Å². The van der Waals surface area contributed by atoms with Crippen LogP contribution in [-0.2, 0) is 9.53 Å². The fourth-order valence-corrected chi connectivity index (χ4v) is 5.35. The molecule has 2 heterocycles. The lowest BCUT2D eigenvalue weighted by Crippen LogP contribution is -2.40. The third kappa shape index (κ3) is 4.33. The number of hydrogen-bond acceptors (Lipinski definition) is 7. The minimum absolute atomic E-state index is 0.210. The van der Waals surface area contributed by atoms with E-state index in [-0.39, 0.29) is 12.2 Å². The van der Waals surface area contributed by atoms with Gasteiger partial charge in [-0.3, -0.25) is 9.36 Å². The van der Waals surface area contributed by atoms with Crippen molar-refractivity contribution in [2.75, 3.05) is 20.8 Å². The average Bonchev–Trinajstić information content (AvgIpc) is 3.12. The Morgan fingerprint density at radius 3 is 2.62 bits per heavy atom. The molecule has 0 bridgehead atoms. The van der Waals surface area contributed by atoms with Gasteiger partial charge in [-0.15, -0.1) is 0 Å². The van der Waals surface area contributed by atoms with Crippen LogP contribution in [0.5, 0.6) is 11.5 Å². The molecule has 0 spiro atoms. The predicted octanol–water partition coefficient (Wildman–Crippen LogP) is 3.58. The number of methoxy groups -OCH3 is 2. The van der Waals surface area contributed by atoms with E-state index in [1.165, 1.54) is 15.9 Å². The summed E-state index contributed by atoms with van der Waals surface area (Å²) in [5.41, 5.74) is 1.97. The third-order valence-electron chi connectivity index (χ3n) is 5.43. The van der Waals surface area contributed by atoms with Crippen LogP contribution in [0, 0.1) is 0 Å². The number of allylic oxidation sites excluding steroid dienone is 1. The van der Waals surface area contributed by atoms with Crippen LogP contribution in [0.4, 0.5) is 0 Å². The number of hydrogen-bond donors (Lipinski definition) is 0. The summed E-state index contributed by atoms with van der Waals surface area (Å²) in [6, 6.07) is 12.2. The smallest absolute Gasteiger partial charge is 0.338 e. The maximum absolute atomic E-state index is 13.7. The van der Waals surface area contributed by atoms with Gasteiger partial charge in [-0.1, -0.05) is 45.5 Å². The highest BCUT2D eigenvalue weighted by molar-refractivity contribution is 9.10. The molecule has 4 rings (SSSR count). The van der Waals surface area contributed by atoms with E-state index in [0.717, 1.165) is 10.0 Å². The Morgan fingerprint density at radius 1 is 1.18 bits per heavy atom. The molecule has 7 nitrogen and oxygen atoms in total. The Morgan fingerprint density at radius 2 is 1.91 bits per heavy atom. The number of benzene rings is 2. The van der Waals surface area contributed by atoms with Gasteiger partial charge in [0.1, 0.15) is 17.5 Å². The number of thiazole rings is 1. The van der Waals surface area contributed by atoms with E-state index in [4.69, 9.17) is 14.2 Å². The maximum Gasteiger partial charge on any atom is 0.338 e. The van der Waals surface area contributed by atoms with Gasteiger partial charge in [0.2, 0.25) is 0 Å². The van der Waals surface area contributed by atoms with Crippen LogP contribution in [0.25, 0.3) is 6.08 Å². The Bertz CT molecular complexity index is 1470. The summed E-state index contributed by atoms with van der Waals surface area (Å²) in [5.74, 6) is 0.688. The topological polar surface area (TPSA) is 79.1 Å². The SMILES string of the molecule is CCOC(=O)C1=C(C)N=c2s/c(=C/c3cc(Br)ccc3OC)c(=O)n2[C@@H]1c1ccccc1OC. The van der Waals surface area contributed by atoms with Gasteiger partial charge in [-0.05, 0) is 44.2 Å². The maximum atomic E-state index is 13.7. The molecule has 0 amide bonds. The van der Waals surface area contributed by atoms with Crippen molar-refractivity contribution in [2.45, 2.75) is 19.9 Å². The molecule has 176 valence electrons. The van der Waals surface area contributed by atoms with Crippen molar-refractivity contribution in [3.05, 3.63) is 89.0 Å². The monoisotopic (exact) mass is 542 g/mol. The Balaban J connectivity index is 2.01. The second kappa shape index (κ2) is 9.99. The zero-order chi connectivity index (χ0) is 24.4. The number of aromatic nitrogens is 1. The normalized spacial score (nSPS) is 15.6. The molecule has 0 N–H and O–H groups in total. The lowest BCUT2D eigenvalue weighted by molar-refractivity contribution is -0.139. The molecule has 1 aromatic heterocycles. The highest BCUT2D eigenvalue weighted by Crippen LogP contribution is 2.35. The summed E-state index contributed by atoms with van der Waals surface area (Å²) in [4.78, 5) is 31.8. The van der Waals surface area contributed by atoms with Crippen LogP contribution in [-0.4, -0.2) is 31.4 Å². The number of halogens is 1. The van der Waals surface area contributed by atoms with Crippen molar-refractivity contribution in [1.29, 1.82) is 0 Å². The van der Waals surface area contributed by atoms with Crippen LogP contribution < -0.4 is 24.4 Å². The quantitative estimate of drug-likeness (QED) is 0.445. The van der Waals surface area contributed by atoms with Gasteiger partial charge in [0.25, 0.3) is 5.56 Å². The summed E-state index contributed by atoms with van der Waals surface area (Å²) < 4.78 is 19.2. The summed E-state index contributed by atoms with van der Waals surface area (Å²) in [5, 5.41) is 0. The van der Waals surface area contributed by atoms with Gasteiger partial charge in [-0.25, -0.2) is 9.79 Å². The molecule has 0 saturated heterocycles. The number of carbonyl (C=O) groups excluding carboxylic acids is 1. The number of ether oxygens (including phenoxy) is 3. The molecule has 1 aliphatic heterocycles. The third-order valence-corrected chi connectivity index (χ3v) is 6.91. The second-order valence-corrected chi connectivity index (χ2v) is 9.36. The zero-order valence-electron chi connectivity index (χ0n) is 19.1. The fraction of sp³-hybridized carbons (Fsp3) is 0.240. The number of para-hydroxylation sites is 1. The fourth-order valence-electron chi connectivity index (χ4n) is 3.94. The summed E-state index contributed by atoms with van der Waals surface area (Å²) >= 11 is 4.73. The molecular weight excluding hydrogens is 520 g/mol. The first-order valence-electron chi connectivity index (χ1n) is 10.6. The molecule has 0 saturated carbocycles. The predicted molar refractivity (Wildman–Crippen MR) is 134 cm³/mol. The molecule has 9 heteroatoms. The summed E-state index contributed by atoms with van der Waals surface area (Å²) in [6.07, 6.45) is 1.77. The van der Waals surface area contributed by atoms with E-state index in [1.54, 1.807) is 40.2 Å². The first-order valence-corrected chi connectivity index (χ1v) is 12.2. The molecule has 0 fully saturated rings. The molecule has 1 atom stereocenters. The first-order chi connectivity index (χ1) is 16.4. The lowest BCUT2D eigenvalue weighted by Gasteiger charge is -2.25. The van der Waals surface area contributed by atoms with Gasteiger partial charge in [0.15, 0.2) is 4.80 Å². The van der Waals surface area contributed by atoms with E-state index in [2.05, 4.69) is 20.9 Å². The van der Waals surface area contributed by atoms with Gasteiger partial charge >= 0.3 is 5.97 Å². The highest BCUT2D eigenvalue weighted by Gasteiger charge is 2.34. The molecule has 1 aliphatic rings. The number of rotatable bonds is 6. The molecule has 34 heavy (non-hydrogen) atoms. The molecule has 3 aromatic rings. The molecule has 2 aromatic carbocycles. The van der Waals surface area contributed by atoms with Gasteiger partial charge < -0.3 is 14.2 Å². The molecule has 0 unspecified atom stereocenters. The number of carbonyl (C=O) groups is 1. The Hall–Kier alpha value is -3.17. The minimum Gasteiger partial charge on any atom is -0.496 e. The number of fused-ring (bicyclic) bond motifs is 1. The minimum atomic E-state index is -0.738. The van der Waals surface area contributed by atoms with Crippen LogP contribution in [0.2, 0.25) is 0 Å². The molecular formula is C25H23BrN2O5S. The number of esters is 1. The average molecular weight is 543 g/mol. The number of nitrogens with zero attached hydrogens (tertiary/aromatic N) is 2. The summed E-state index contributed by atoms with van der Waals surface area (Å²) in [6.45, 7) is 3.71.